The molecule has 2 rings (SSSR count). The first-order valence-corrected chi connectivity index (χ1v) is 6.59. The Balaban J connectivity index is 2.52. The Labute approximate surface area is 113 Å². The summed E-state index contributed by atoms with van der Waals surface area (Å²) in [5, 5.41) is 10.6. The molecule has 2 aromatic rings. The van der Waals surface area contributed by atoms with Crippen molar-refractivity contribution in [3.63, 3.8) is 0 Å². The second-order valence-corrected chi connectivity index (χ2v) is 5.61. The van der Waals surface area contributed by atoms with Crippen molar-refractivity contribution in [2.75, 3.05) is 0 Å². The number of halogens is 1. The summed E-state index contributed by atoms with van der Waals surface area (Å²) in [5.41, 5.74) is -0.364. The molecular weight excluding hydrogens is 296 g/mol. The summed E-state index contributed by atoms with van der Waals surface area (Å²) in [6, 6.07) is 5.36. The Morgan fingerprint density at radius 1 is 1.50 bits per heavy atom. The van der Waals surface area contributed by atoms with Gasteiger partial charge in [0, 0.05) is 4.47 Å². The minimum Gasteiger partial charge on any atom is -0.388 e. The minimum atomic E-state index is -0.894. The highest BCUT2D eigenvalue weighted by Crippen LogP contribution is 2.16. The number of benzene rings is 1. The molecule has 0 aliphatic rings. The van der Waals surface area contributed by atoms with Gasteiger partial charge in [-0.15, -0.1) is 0 Å². The zero-order chi connectivity index (χ0) is 13.3. The molecule has 1 aromatic carbocycles. The van der Waals surface area contributed by atoms with Gasteiger partial charge in [-0.05, 0) is 31.5 Å². The van der Waals surface area contributed by atoms with Crippen LogP contribution in [0.4, 0.5) is 0 Å². The van der Waals surface area contributed by atoms with Gasteiger partial charge in [0.2, 0.25) is 0 Å². The van der Waals surface area contributed by atoms with Gasteiger partial charge in [0.1, 0.15) is 0 Å². The third-order valence-corrected chi connectivity index (χ3v) is 3.55. The van der Waals surface area contributed by atoms with E-state index in [1.54, 1.807) is 19.1 Å². The summed E-state index contributed by atoms with van der Waals surface area (Å²) in [6.07, 6.45) is 2.07. The first kappa shape index (κ1) is 13.2. The second-order valence-electron chi connectivity index (χ2n) is 4.69. The average molecular weight is 311 g/mol. The Hall–Kier alpha value is -1.20. The van der Waals surface area contributed by atoms with Gasteiger partial charge in [0.15, 0.2) is 0 Å². The molecule has 1 atom stereocenters. The molecule has 0 unspecified atom stereocenters. The van der Waals surface area contributed by atoms with Crippen LogP contribution in [0.3, 0.4) is 0 Å². The van der Waals surface area contributed by atoms with Crippen molar-refractivity contribution in [3.05, 3.63) is 39.4 Å². The summed E-state index contributed by atoms with van der Waals surface area (Å²) in [5.74, 6) is 0. The number of hydrogen-bond acceptors (Lipinski definition) is 3. The number of rotatable bonds is 3. The number of fused-ring (bicyclic) bond motifs is 1. The topological polar surface area (TPSA) is 55.1 Å². The van der Waals surface area contributed by atoms with E-state index < -0.39 is 5.60 Å². The maximum atomic E-state index is 12.2. The van der Waals surface area contributed by atoms with E-state index in [4.69, 9.17) is 0 Å². The van der Waals surface area contributed by atoms with Gasteiger partial charge in [-0.2, -0.15) is 0 Å². The number of nitrogens with zero attached hydrogens (tertiary/aromatic N) is 2. The molecule has 1 N–H and O–H groups in total. The lowest BCUT2D eigenvalue weighted by molar-refractivity contribution is 0.0368. The van der Waals surface area contributed by atoms with Gasteiger partial charge < -0.3 is 5.11 Å². The molecule has 0 amide bonds. The number of aromatic nitrogens is 2. The van der Waals surface area contributed by atoms with E-state index in [1.165, 1.54) is 10.9 Å². The summed E-state index contributed by atoms with van der Waals surface area (Å²) < 4.78 is 2.35. The fourth-order valence-corrected chi connectivity index (χ4v) is 2.07. The molecule has 0 fully saturated rings. The van der Waals surface area contributed by atoms with Crippen LogP contribution in [0.15, 0.2) is 33.8 Å². The van der Waals surface area contributed by atoms with Crippen molar-refractivity contribution < 1.29 is 5.11 Å². The van der Waals surface area contributed by atoms with E-state index in [2.05, 4.69) is 20.9 Å². The normalized spacial score (nSPS) is 14.7. The Bertz CT molecular complexity index is 634. The molecule has 1 heterocycles. The van der Waals surface area contributed by atoms with Crippen molar-refractivity contribution in [1.82, 2.24) is 9.55 Å². The Morgan fingerprint density at radius 3 is 2.89 bits per heavy atom. The highest BCUT2D eigenvalue weighted by molar-refractivity contribution is 9.10. The standard InChI is InChI=1S/C13H15BrN2O2/c1-3-13(2,18)7-16-8-15-11-6-9(14)4-5-10(11)12(16)17/h4-6,8,18H,3,7H2,1-2H3/t13-/m1/s1. The molecule has 1 aromatic heterocycles. The van der Waals surface area contributed by atoms with E-state index in [-0.39, 0.29) is 12.1 Å². The maximum absolute atomic E-state index is 12.2. The van der Waals surface area contributed by atoms with Gasteiger partial charge in [0.25, 0.3) is 5.56 Å². The largest absolute Gasteiger partial charge is 0.388 e. The predicted molar refractivity (Wildman–Crippen MR) is 74.6 cm³/mol. The van der Waals surface area contributed by atoms with Gasteiger partial charge in [-0.3, -0.25) is 9.36 Å². The van der Waals surface area contributed by atoms with Crippen LogP contribution in [-0.2, 0) is 6.54 Å². The smallest absolute Gasteiger partial charge is 0.261 e. The van der Waals surface area contributed by atoms with E-state index in [0.29, 0.717) is 17.3 Å². The third-order valence-electron chi connectivity index (χ3n) is 3.06. The molecule has 0 aliphatic heterocycles. The first-order valence-electron chi connectivity index (χ1n) is 5.80. The molecule has 0 aliphatic carbocycles. The van der Waals surface area contributed by atoms with E-state index in [9.17, 15) is 9.90 Å². The number of aliphatic hydroxyl groups is 1. The van der Waals surface area contributed by atoms with Crippen molar-refractivity contribution in [3.8, 4) is 0 Å². The van der Waals surface area contributed by atoms with Gasteiger partial charge in [0.05, 0.1) is 29.4 Å². The van der Waals surface area contributed by atoms with Crippen LogP contribution in [0, 0.1) is 0 Å². The quantitative estimate of drug-likeness (QED) is 0.946. The van der Waals surface area contributed by atoms with E-state index in [1.807, 2.05) is 13.0 Å². The van der Waals surface area contributed by atoms with Crippen molar-refractivity contribution >= 4 is 26.8 Å². The average Bonchev–Trinajstić information content (AvgIpc) is 2.33. The van der Waals surface area contributed by atoms with Crippen molar-refractivity contribution in [2.24, 2.45) is 0 Å². The lowest BCUT2D eigenvalue weighted by Crippen LogP contribution is -2.34. The molecule has 4 nitrogen and oxygen atoms in total. The van der Waals surface area contributed by atoms with Crippen LogP contribution in [0.25, 0.3) is 10.9 Å². The molecule has 0 saturated carbocycles. The Kier molecular flexibility index (Phi) is 3.54. The van der Waals surface area contributed by atoms with Crippen molar-refractivity contribution in [1.29, 1.82) is 0 Å². The monoisotopic (exact) mass is 310 g/mol. The van der Waals surface area contributed by atoms with Crippen LogP contribution in [-0.4, -0.2) is 20.3 Å². The van der Waals surface area contributed by atoms with E-state index in [0.717, 1.165) is 4.47 Å². The summed E-state index contributed by atoms with van der Waals surface area (Å²) in [4.78, 5) is 16.5. The lowest BCUT2D eigenvalue weighted by Gasteiger charge is -2.22. The second kappa shape index (κ2) is 4.82. The molecule has 0 saturated heterocycles. The predicted octanol–water partition coefficient (Wildman–Crippen LogP) is 2.32. The molecule has 0 spiro atoms. The van der Waals surface area contributed by atoms with Crippen LogP contribution < -0.4 is 5.56 Å². The molecule has 0 radical (unpaired) electrons. The van der Waals surface area contributed by atoms with Gasteiger partial charge in [-0.1, -0.05) is 22.9 Å². The summed E-state index contributed by atoms with van der Waals surface area (Å²) in [6.45, 7) is 3.85. The zero-order valence-corrected chi connectivity index (χ0v) is 11.9. The fraction of sp³-hybridized carbons (Fsp3) is 0.385. The first-order chi connectivity index (χ1) is 8.43. The Morgan fingerprint density at radius 2 is 2.22 bits per heavy atom. The van der Waals surface area contributed by atoms with Crippen molar-refractivity contribution in [2.45, 2.75) is 32.4 Å². The highest BCUT2D eigenvalue weighted by Gasteiger charge is 2.19. The van der Waals surface area contributed by atoms with Gasteiger partial charge >= 0.3 is 0 Å². The van der Waals surface area contributed by atoms with E-state index >= 15 is 0 Å². The van der Waals surface area contributed by atoms with Crippen LogP contribution in [0.5, 0.6) is 0 Å². The third kappa shape index (κ3) is 2.62. The molecule has 96 valence electrons. The molecule has 5 heteroatoms. The summed E-state index contributed by atoms with van der Waals surface area (Å²) in [7, 11) is 0. The molecular formula is C13H15BrN2O2. The van der Waals surface area contributed by atoms with Gasteiger partial charge in [-0.25, -0.2) is 4.98 Å². The number of hydrogen-bond donors (Lipinski definition) is 1. The summed E-state index contributed by atoms with van der Waals surface area (Å²) >= 11 is 3.35. The minimum absolute atomic E-state index is 0.124. The fourth-order valence-electron chi connectivity index (χ4n) is 1.72. The zero-order valence-electron chi connectivity index (χ0n) is 10.4. The molecule has 18 heavy (non-hydrogen) atoms. The maximum Gasteiger partial charge on any atom is 0.261 e. The van der Waals surface area contributed by atoms with Crippen LogP contribution in [0.1, 0.15) is 20.3 Å². The lowest BCUT2D eigenvalue weighted by atomic mass is 10.0. The SMILES string of the molecule is CC[C@@](C)(O)Cn1cnc2cc(Br)ccc2c1=O. The van der Waals surface area contributed by atoms with Crippen LogP contribution >= 0.6 is 15.9 Å². The van der Waals surface area contributed by atoms with Crippen LogP contribution in [0.2, 0.25) is 0 Å². The highest BCUT2D eigenvalue weighted by atomic mass is 79.9. The molecule has 0 bridgehead atoms.